The number of carbonyl (C=O) groups is 1. The van der Waals surface area contributed by atoms with Crippen molar-refractivity contribution in [3.05, 3.63) is 22.6 Å². The summed E-state index contributed by atoms with van der Waals surface area (Å²) >= 11 is 3.20. The zero-order valence-electron chi connectivity index (χ0n) is 12.1. The summed E-state index contributed by atoms with van der Waals surface area (Å²) in [4.78, 5) is 13.0. The predicted molar refractivity (Wildman–Crippen MR) is 82.1 cm³/mol. The first-order valence-electron chi connectivity index (χ1n) is 6.75. The summed E-state index contributed by atoms with van der Waals surface area (Å²) in [6.07, 6.45) is 0.961. The molecular formula is C13H19BrN2O4S. The SMILES string of the molecule is CC(=O)N1CCC(S(=O)(=O)N(C)Cc2ccc(Br)o2)CC1. The molecule has 118 valence electrons. The molecule has 0 bridgehead atoms. The number of hydrogen-bond donors (Lipinski definition) is 0. The van der Waals surface area contributed by atoms with E-state index in [9.17, 15) is 13.2 Å². The van der Waals surface area contributed by atoms with E-state index in [0.717, 1.165) is 0 Å². The molecule has 1 aromatic rings. The van der Waals surface area contributed by atoms with Crippen LogP contribution in [-0.2, 0) is 21.4 Å². The van der Waals surface area contributed by atoms with Crippen molar-refractivity contribution in [3.8, 4) is 0 Å². The Morgan fingerprint density at radius 3 is 2.52 bits per heavy atom. The Morgan fingerprint density at radius 1 is 1.43 bits per heavy atom. The molecule has 0 saturated carbocycles. The lowest BCUT2D eigenvalue weighted by molar-refractivity contribution is -0.129. The van der Waals surface area contributed by atoms with E-state index in [-0.39, 0.29) is 12.5 Å². The molecule has 0 unspecified atom stereocenters. The summed E-state index contributed by atoms with van der Waals surface area (Å²) in [5, 5.41) is -0.434. The summed E-state index contributed by atoms with van der Waals surface area (Å²) in [6.45, 7) is 2.72. The Bertz CT molecular complexity index is 605. The van der Waals surface area contributed by atoms with E-state index < -0.39 is 15.3 Å². The molecule has 1 aromatic heterocycles. The third kappa shape index (κ3) is 3.87. The van der Waals surface area contributed by atoms with Gasteiger partial charge in [-0.3, -0.25) is 4.79 Å². The van der Waals surface area contributed by atoms with Crippen molar-refractivity contribution >= 4 is 31.9 Å². The normalized spacial score (nSPS) is 17.4. The first kappa shape index (κ1) is 16.5. The first-order chi connectivity index (χ1) is 9.80. The van der Waals surface area contributed by atoms with Crippen molar-refractivity contribution in [2.24, 2.45) is 0 Å². The second-order valence-electron chi connectivity index (χ2n) is 5.21. The Labute approximate surface area is 133 Å². The van der Waals surface area contributed by atoms with Crippen molar-refractivity contribution < 1.29 is 17.6 Å². The number of sulfonamides is 1. The molecule has 0 aromatic carbocycles. The molecule has 6 nitrogen and oxygen atoms in total. The zero-order chi connectivity index (χ0) is 15.6. The molecule has 2 rings (SSSR count). The van der Waals surface area contributed by atoms with E-state index in [1.807, 2.05) is 0 Å². The Morgan fingerprint density at radius 2 is 2.05 bits per heavy atom. The highest BCUT2D eigenvalue weighted by Crippen LogP contribution is 2.23. The third-order valence-corrected chi connectivity index (χ3v) is 6.49. The van der Waals surface area contributed by atoms with Gasteiger partial charge in [-0.15, -0.1) is 0 Å². The number of piperidine rings is 1. The van der Waals surface area contributed by atoms with Crippen molar-refractivity contribution in [1.82, 2.24) is 9.21 Å². The summed E-state index contributed by atoms with van der Waals surface area (Å²) in [7, 11) is -1.82. The maximum atomic E-state index is 12.5. The Balaban J connectivity index is 1.99. The lowest BCUT2D eigenvalue weighted by atomic mass is 10.1. The second-order valence-corrected chi connectivity index (χ2v) is 8.31. The van der Waals surface area contributed by atoms with Gasteiger partial charge in [0, 0.05) is 27.1 Å². The summed E-state index contributed by atoms with van der Waals surface area (Å²) in [5.41, 5.74) is 0. The van der Waals surface area contributed by atoms with Crippen molar-refractivity contribution in [2.45, 2.75) is 31.6 Å². The lowest BCUT2D eigenvalue weighted by Crippen LogP contribution is -2.45. The highest BCUT2D eigenvalue weighted by Gasteiger charge is 2.33. The van der Waals surface area contributed by atoms with Gasteiger partial charge in [-0.05, 0) is 40.9 Å². The fraction of sp³-hybridized carbons (Fsp3) is 0.615. The van der Waals surface area contributed by atoms with Crippen LogP contribution in [0.5, 0.6) is 0 Å². The van der Waals surface area contributed by atoms with Gasteiger partial charge >= 0.3 is 0 Å². The molecule has 0 aliphatic carbocycles. The quantitative estimate of drug-likeness (QED) is 0.800. The molecule has 0 spiro atoms. The van der Waals surface area contributed by atoms with Crippen LogP contribution in [0.15, 0.2) is 21.2 Å². The van der Waals surface area contributed by atoms with Gasteiger partial charge in [0.05, 0.1) is 11.8 Å². The summed E-state index contributed by atoms with van der Waals surface area (Å²) in [5.74, 6) is 0.591. The van der Waals surface area contributed by atoms with Crippen LogP contribution in [0.3, 0.4) is 0 Å². The largest absolute Gasteiger partial charge is 0.453 e. The number of hydrogen-bond acceptors (Lipinski definition) is 4. The molecule has 2 heterocycles. The first-order valence-corrected chi connectivity index (χ1v) is 9.05. The molecule has 1 aliphatic heterocycles. The van der Waals surface area contributed by atoms with E-state index >= 15 is 0 Å². The Hall–Kier alpha value is -0.860. The molecule has 0 radical (unpaired) electrons. The summed E-state index contributed by atoms with van der Waals surface area (Å²) in [6, 6.07) is 3.48. The fourth-order valence-electron chi connectivity index (χ4n) is 2.47. The monoisotopic (exact) mass is 378 g/mol. The highest BCUT2D eigenvalue weighted by molar-refractivity contribution is 9.10. The van der Waals surface area contributed by atoms with Crippen LogP contribution in [0.25, 0.3) is 0 Å². The predicted octanol–water partition coefficient (Wildman–Crippen LogP) is 1.81. The number of nitrogens with zero attached hydrogens (tertiary/aromatic N) is 2. The van der Waals surface area contributed by atoms with Crippen LogP contribution in [0, 0.1) is 0 Å². The lowest BCUT2D eigenvalue weighted by Gasteiger charge is -2.32. The number of amides is 1. The highest BCUT2D eigenvalue weighted by atomic mass is 79.9. The van der Waals surface area contributed by atoms with Crippen LogP contribution in [0.4, 0.5) is 0 Å². The average Bonchev–Trinajstić information content (AvgIpc) is 2.84. The van der Waals surface area contributed by atoms with Gasteiger partial charge < -0.3 is 9.32 Å². The number of likely N-dealkylation sites (tertiary alicyclic amines) is 1. The van der Waals surface area contributed by atoms with E-state index in [1.165, 1.54) is 11.2 Å². The maximum absolute atomic E-state index is 12.5. The van der Waals surface area contributed by atoms with E-state index in [2.05, 4.69) is 15.9 Å². The minimum Gasteiger partial charge on any atom is -0.453 e. The number of carbonyl (C=O) groups excluding carboxylic acids is 1. The topological polar surface area (TPSA) is 70.8 Å². The average molecular weight is 379 g/mol. The van der Waals surface area contributed by atoms with Crippen LogP contribution in [0.2, 0.25) is 0 Å². The minimum absolute atomic E-state index is 0.000335. The smallest absolute Gasteiger partial charge is 0.219 e. The van der Waals surface area contributed by atoms with Crippen molar-refractivity contribution in [2.75, 3.05) is 20.1 Å². The van der Waals surface area contributed by atoms with E-state index in [4.69, 9.17) is 4.42 Å². The minimum atomic E-state index is -3.38. The maximum Gasteiger partial charge on any atom is 0.219 e. The van der Waals surface area contributed by atoms with Crippen LogP contribution in [-0.4, -0.2) is 48.9 Å². The standard InChI is InChI=1S/C13H19BrN2O4S/c1-10(17)16-7-5-12(6-8-16)21(18,19)15(2)9-11-3-4-13(14)20-11/h3-4,12H,5-9H2,1-2H3. The Kier molecular flexibility index (Phi) is 5.11. The number of furan rings is 1. The van der Waals surface area contributed by atoms with Gasteiger partial charge in [-0.25, -0.2) is 8.42 Å². The number of rotatable bonds is 4. The summed E-state index contributed by atoms with van der Waals surface area (Å²) < 4.78 is 32.3. The zero-order valence-corrected chi connectivity index (χ0v) is 14.5. The molecule has 1 saturated heterocycles. The molecule has 1 aliphatic rings. The molecule has 0 N–H and O–H groups in total. The van der Waals surface area contributed by atoms with Crippen LogP contribution in [0.1, 0.15) is 25.5 Å². The van der Waals surface area contributed by atoms with E-state index in [0.29, 0.717) is 36.4 Å². The van der Waals surface area contributed by atoms with Gasteiger partial charge in [-0.2, -0.15) is 4.31 Å². The third-order valence-electron chi connectivity index (χ3n) is 3.75. The molecule has 1 amide bonds. The van der Waals surface area contributed by atoms with Gasteiger partial charge in [0.25, 0.3) is 0 Å². The second kappa shape index (κ2) is 6.50. The molecule has 0 atom stereocenters. The van der Waals surface area contributed by atoms with Gasteiger partial charge in [0.1, 0.15) is 5.76 Å². The fourth-order valence-corrected chi connectivity index (χ4v) is 4.43. The van der Waals surface area contributed by atoms with Crippen molar-refractivity contribution in [3.63, 3.8) is 0 Å². The van der Waals surface area contributed by atoms with Crippen molar-refractivity contribution in [1.29, 1.82) is 0 Å². The van der Waals surface area contributed by atoms with Gasteiger partial charge in [0.2, 0.25) is 15.9 Å². The van der Waals surface area contributed by atoms with E-state index in [1.54, 1.807) is 24.1 Å². The van der Waals surface area contributed by atoms with Crippen LogP contribution < -0.4 is 0 Å². The molecule has 1 fully saturated rings. The molecule has 21 heavy (non-hydrogen) atoms. The molecular weight excluding hydrogens is 360 g/mol. The van der Waals surface area contributed by atoms with Crippen LogP contribution >= 0.6 is 15.9 Å². The van der Waals surface area contributed by atoms with Gasteiger partial charge in [0.15, 0.2) is 4.67 Å². The van der Waals surface area contributed by atoms with Gasteiger partial charge in [-0.1, -0.05) is 0 Å². The number of halogens is 1. The molecule has 8 heteroatoms.